The molecule has 0 aliphatic rings. The molecule has 110 valence electrons. The van der Waals surface area contributed by atoms with Crippen LogP contribution in [0.2, 0.25) is 5.02 Å². The van der Waals surface area contributed by atoms with E-state index in [9.17, 15) is 0 Å². The van der Waals surface area contributed by atoms with Gasteiger partial charge in [-0.25, -0.2) is 0 Å². The van der Waals surface area contributed by atoms with E-state index in [1.54, 1.807) is 0 Å². The molecule has 0 aliphatic carbocycles. The SMILES string of the molecule is Clc1ccc(N(Cc2ccccn2)Cc2ccccn2)cc1. The van der Waals surface area contributed by atoms with Gasteiger partial charge in [0.15, 0.2) is 0 Å². The van der Waals surface area contributed by atoms with Gasteiger partial charge in [0.05, 0.1) is 24.5 Å². The Hall–Kier alpha value is -2.39. The molecule has 0 amide bonds. The van der Waals surface area contributed by atoms with Gasteiger partial charge in [-0.2, -0.15) is 0 Å². The number of halogens is 1. The van der Waals surface area contributed by atoms with Gasteiger partial charge in [0, 0.05) is 23.1 Å². The summed E-state index contributed by atoms with van der Waals surface area (Å²) in [5.74, 6) is 0. The van der Waals surface area contributed by atoms with Gasteiger partial charge >= 0.3 is 0 Å². The second-order valence-electron chi connectivity index (χ2n) is 4.97. The molecule has 4 heteroatoms. The fraction of sp³-hybridized carbons (Fsp3) is 0.111. The molecule has 3 aromatic rings. The van der Waals surface area contributed by atoms with Crippen LogP contribution >= 0.6 is 11.6 Å². The maximum absolute atomic E-state index is 5.99. The zero-order valence-electron chi connectivity index (χ0n) is 12.1. The van der Waals surface area contributed by atoms with Crippen LogP contribution < -0.4 is 4.90 Å². The summed E-state index contributed by atoms with van der Waals surface area (Å²) in [6, 6.07) is 19.8. The molecule has 0 saturated heterocycles. The van der Waals surface area contributed by atoms with Crippen molar-refractivity contribution >= 4 is 17.3 Å². The summed E-state index contributed by atoms with van der Waals surface area (Å²) in [5.41, 5.74) is 3.14. The first-order valence-corrected chi connectivity index (χ1v) is 7.49. The number of hydrogen-bond donors (Lipinski definition) is 0. The molecule has 0 unspecified atom stereocenters. The largest absolute Gasteiger partial charge is 0.360 e. The third-order valence-corrected chi connectivity index (χ3v) is 3.60. The van der Waals surface area contributed by atoms with E-state index in [-0.39, 0.29) is 0 Å². The fourth-order valence-corrected chi connectivity index (χ4v) is 2.39. The number of rotatable bonds is 5. The summed E-state index contributed by atoms with van der Waals surface area (Å²) in [4.78, 5) is 11.1. The highest BCUT2D eigenvalue weighted by Gasteiger charge is 2.10. The predicted molar refractivity (Wildman–Crippen MR) is 89.8 cm³/mol. The normalized spacial score (nSPS) is 10.4. The van der Waals surface area contributed by atoms with Gasteiger partial charge < -0.3 is 4.90 Å². The summed E-state index contributed by atoms with van der Waals surface area (Å²) in [6.45, 7) is 1.44. The zero-order valence-corrected chi connectivity index (χ0v) is 12.8. The Balaban J connectivity index is 1.86. The second-order valence-corrected chi connectivity index (χ2v) is 5.41. The van der Waals surface area contributed by atoms with E-state index in [4.69, 9.17) is 11.6 Å². The Bertz CT molecular complexity index is 658. The molecule has 2 aromatic heterocycles. The molecule has 3 rings (SSSR count). The lowest BCUT2D eigenvalue weighted by Crippen LogP contribution is -2.23. The van der Waals surface area contributed by atoms with Crippen LogP contribution in [0.1, 0.15) is 11.4 Å². The lowest BCUT2D eigenvalue weighted by atomic mass is 10.2. The van der Waals surface area contributed by atoms with Crippen molar-refractivity contribution in [2.24, 2.45) is 0 Å². The third kappa shape index (κ3) is 3.83. The summed E-state index contributed by atoms with van der Waals surface area (Å²) < 4.78 is 0. The van der Waals surface area contributed by atoms with Gasteiger partial charge in [0.2, 0.25) is 0 Å². The monoisotopic (exact) mass is 309 g/mol. The summed E-state index contributed by atoms with van der Waals surface area (Å²) in [5, 5.41) is 0.736. The molecule has 0 bridgehead atoms. The number of benzene rings is 1. The molecule has 0 aliphatic heterocycles. The van der Waals surface area contributed by atoms with Gasteiger partial charge in [-0.3, -0.25) is 9.97 Å². The highest BCUT2D eigenvalue weighted by Crippen LogP contribution is 2.21. The van der Waals surface area contributed by atoms with E-state index >= 15 is 0 Å². The van der Waals surface area contributed by atoms with E-state index in [1.165, 1.54) is 0 Å². The van der Waals surface area contributed by atoms with Crippen molar-refractivity contribution in [1.82, 2.24) is 9.97 Å². The van der Waals surface area contributed by atoms with Gasteiger partial charge in [0.25, 0.3) is 0 Å². The molecule has 0 fully saturated rings. The molecule has 0 radical (unpaired) electrons. The molecule has 1 aromatic carbocycles. The average Bonchev–Trinajstić information content (AvgIpc) is 2.57. The molecular weight excluding hydrogens is 294 g/mol. The smallest absolute Gasteiger partial charge is 0.0606 e. The van der Waals surface area contributed by atoms with Crippen LogP contribution in [-0.4, -0.2) is 9.97 Å². The van der Waals surface area contributed by atoms with Crippen molar-refractivity contribution in [1.29, 1.82) is 0 Å². The van der Waals surface area contributed by atoms with Crippen molar-refractivity contribution in [3.63, 3.8) is 0 Å². The van der Waals surface area contributed by atoms with Gasteiger partial charge in [-0.05, 0) is 48.5 Å². The van der Waals surface area contributed by atoms with Crippen molar-refractivity contribution in [2.45, 2.75) is 13.1 Å². The second kappa shape index (κ2) is 7.05. The molecule has 22 heavy (non-hydrogen) atoms. The maximum atomic E-state index is 5.99. The predicted octanol–water partition coefficient (Wildman–Crippen LogP) is 4.34. The Morgan fingerprint density at radius 3 is 1.73 bits per heavy atom. The quantitative estimate of drug-likeness (QED) is 0.702. The minimum atomic E-state index is 0.721. The molecule has 0 saturated carbocycles. The zero-order chi connectivity index (χ0) is 15.2. The third-order valence-electron chi connectivity index (χ3n) is 3.35. The van der Waals surface area contributed by atoms with Crippen molar-refractivity contribution in [3.8, 4) is 0 Å². The molecular formula is C18H16ClN3. The Morgan fingerprint density at radius 1 is 0.727 bits per heavy atom. The molecule has 0 N–H and O–H groups in total. The molecule has 0 atom stereocenters. The maximum Gasteiger partial charge on any atom is 0.0606 e. The van der Waals surface area contributed by atoms with E-state index in [2.05, 4.69) is 14.9 Å². The van der Waals surface area contributed by atoms with Crippen LogP contribution in [0, 0.1) is 0 Å². The summed E-state index contributed by atoms with van der Waals surface area (Å²) in [7, 11) is 0. The molecule has 3 nitrogen and oxygen atoms in total. The lowest BCUT2D eigenvalue weighted by molar-refractivity contribution is 0.765. The first-order valence-electron chi connectivity index (χ1n) is 7.11. The van der Waals surface area contributed by atoms with E-state index in [1.807, 2.05) is 73.1 Å². The van der Waals surface area contributed by atoms with Crippen LogP contribution in [0.4, 0.5) is 5.69 Å². The fourth-order valence-electron chi connectivity index (χ4n) is 2.26. The van der Waals surface area contributed by atoms with Gasteiger partial charge in [0.1, 0.15) is 0 Å². The topological polar surface area (TPSA) is 29.0 Å². The van der Waals surface area contributed by atoms with Crippen molar-refractivity contribution < 1.29 is 0 Å². The van der Waals surface area contributed by atoms with E-state index < -0.39 is 0 Å². The Kier molecular flexibility index (Phi) is 4.66. The van der Waals surface area contributed by atoms with Gasteiger partial charge in [-0.1, -0.05) is 23.7 Å². The van der Waals surface area contributed by atoms with Crippen LogP contribution in [-0.2, 0) is 13.1 Å². The number of pyridine rings is 2. The number of anilines is 1. The van der Waals surface area contributed by atoms with Crippen LogP contribution in [0.15, 0.2) is 73.1 Å². The average molecular weight is 310 g/mol. The summed E-state index contributed by atoms with van der Waals surface area (Å²) in [6.07, 6.45) is 3.63. The van der Waals surface area contributed by atoms with Crippen LogP contribution in [0.3, 0.4) is 0 Å². The first-order chi connectivity index (χ1) is 10.8. The van der Waals surface area contributed by atoms with Crippen LogP contribution in [0.5, 0.6) is 0 Å². The lowest BCUT2D eigenvalue weighted by Gasteiger charge is -2.24. The highest BCUT2D eigenvalue weighted by atomic mass is 35.5. The minimum Gasteiger partial charge on any atom is -0.360 e. The van der Waals surface area contributed by atoms with Gasteiger partial charge in [-0.15, -0.1) is 0 Å². The van der Waals surface area contributed by atoms with Crippen molar-refractivity contribution in [2.75, 3.05) is 4.90 Å². The molecule has 0 spiro atoms. The van der Waals surface area contributed by atoms with E-state index in [0.717, 1.165) is 35.2 Å². The number of nitrogens with zero attached hydrogens (tertiary/aromatic N) is 3. The Labute approximate surface area is 135 Å². The van der Waals surface area contributed by atoms with E-state index in [0.29, 0.717) is 0 Å². The standard InChI is InChI=1S/C18H16ClN3/c19-15-7-9-18(10-8-15)22(13-16-5-1-3-11-20-16)14-17-6-2-4-12-21-17/h1-12H,13-14H2. The number of hydrogen-bond acceptors (Lipinski definition) is 3. The summed E-state index contributed by atoms with van der Waals surface area (Å²) >= 11 is 5.99. The first kappa shape index (κ1) is 14.5. The molecule has 2 heterocycles. The van der Waals surface area contributed by atoms with Crippen LogP contribution in [0.25, 0.3) is 0 Å². The Morgan fingerprint density at radius 2 is 1.27 bits per heavy atom. The highest BCUT2D eigenvalue weighted by molar-refractivity contribution is 6.30. The number of aromatic nitrogens is 2. The van der Waals surface area contributed by atoms with Crippen molar-refractivity contribution in [3.05, 3.63) is 89.5 Å². The minimum absolute atomic E-state index is 0.721.